The minimum Gasteiger partial charge on any atom is -0.456 e. The molecule has 0 amide bonds. The van der Waals surface area contributed by atoms with Gasteiger partial charge in [0.15, 0.2) is 52.4 Å². The summed E-state index contributed by atoms with van der Waals surface area (Å²) in [6.07, 6.45) is 0.869. The van der Waals surface area contributed by atoms with E-state index in [1.807, 2.05) is 127 Å². The topological polar surface area (TPSA) is 142 Å². The lowest BCUT2D eigenvalue weighted by molar-refractivity contribution is 0.647. The average Bonchev–Trinajstić information content (AvgIpc) is 1.55. The van der Waals surface area contributed by atoms with Gasteiger partial charge in [0.2, 0.25) is 0 Å². The zero-order valence-corrected chi connectivity index (χ0v) is 81.6. The number of fused-ring (bicyclic) bond motifs is 21. The summed E-state index contributed by atoms with van der Waals surface area (Å²) < 4.78 is 13.2. The minimum absolute atomic E-state index is 0.0120. The van der Waals surface area contributed by atoms with Crippen LogP contribution in [0.15, 0.2) is 446 Å². The first kappa shape index (κ1) is 86.9. The maximum Gasteiger partial charge on any atom is 0.164 e. The molecule has 146 heavy (non-hydrogen) atoms. The summed E-state index contributed by atoms with van der Waals surface area (Å²) >= 11 is 0. The second-order valence-electron chi connectivity index (χ2n) is 40.6. The standard InChI is InChI=1S/C51H37N3O.C47H31N3O.C37H27N3/c1-50(2)40-21-10-8-19-36(40)46-37(20-13-22-41(46)50)49-53-47(30-14-6-5-7-15-30)52-48(54-49)33-17-12-16-31(26-33)32-24-25-34-38-28-39-35-18-9-11-23-44(35)55-45(39)29-43(38)51(3,4)42(34)27-32;1-47(34-21-9-4-10-22-34)40-26-12-11-23-36(40)38-28-39-37-25-14-24-35(43(37)51-42(39)29-41(38)47)32-19-13-20-33(27-32)46-49-44(30-15-5-2-6-16-30)48-45(50-46)31-17-7-3-8-18-31;1-37(2)32-19-10-9-16-27(32)31-22-29-25(21-33(31)37)20-30-26(29)17-11-18-28(30)36-39-34(23-12-5-3-6-13-23)38-35(40-36)24-14-7-4-8-15-24/h5-29H,1-4H3;2-29H,1H3;3-19,21-22H,20H2,1-2H3. The van der Waals surface area contributed by atoms with E-state index in [9.17, 15) is 0 Å². The fourth-order valence-corrected chi connectivity index (χ4v) is 23.7. The first-order valence-corrected chi connectivity index (χ1v) is 50.1. The van der Waals surface area contributed by atoms with Crippen molar-refractivity contribution in [2.75, 3.05) is 0 Å². The molecule has 0 saturated heterocycles. The first-order chi connectivity index (χ1) is 71.5. The Hall–Kier alpha value is -18.2. The van der Waals surface area contributed by atoms with Crippen LogP contribution < -0.4 is 0 Å². The molecule has 692 valence electrons. The Morgan fingerprint density at radius 1 is 0.185 bits per heavy atom. The van der Waals surface area contributed by atoms with Gasteiger partial charge in [0.1, 0.15) is 22.3 Å². The first-order valence-electron chi connectivity index (χ1n) is 50.1. The molecule has 5 aliphatic carbocycles. The van der Waals surface area contributed by atoms with Crippen LogP contribution >= 0.6 is 0 Å². The zero-order chi connectivity index (χ0) is 97.8. The van der Waals surface area contributed by atoms with Crippen molar-refractivity contribution in [3.8, 4) is 180 Å². The van der Waals surface area contributed by atoms with Crippen LogP contribution in [0.1, 0.15) is 110 Å². The fraction of sp³-hybridized carbons (Fsp3) is 0.0889. The molecular formula is C135H95N9O2. The SMILES string of the molecule is CC1(C)c2cc(-c3cccc(-c4nc(-c5ccccc5)nc(-c5cccc6c5-c5ccccc5C6(C)C)n4)c3)ccc2-c2cc3c(cc21)oc1ccccc13.CC1(C)c2ccccc2-c2cc3c(cc21)Cc1c(-c2nc(-c4ccccc4)nc(-c4ccccc4)n2)cccc1-3.CC1(c2ccccc2)c2ccccc2-c2cc3c(cc21)oc1c(-c2cccc(-c4nc(-c5ccccc5)nc(-c5ccccc5)n4)c2)cccc13. The molecule has 0 N–H and O–H groups in total. The third kappa shape index (κ3) is 14.3. The van der Waals surface area contributed by atoms with Crippen molar-refractivity contribution in [1.29, 1.82) is 0 Å². The monoisotopic (exact) mass is 1870 g/mol. The predicted octanol–water partition coefficient (Wildman–Crippen LogP) is 33.6. The second kappa shape index (κ2) is 34.0. The average molecular weight is 1880 g/mol. The van der Waals surface area contributed by atoms with Crippen molar-refractivity contribution in [3.05, 3.63) is 498 Å². The van der Waals surface area contributed by atoms with Gasteiger partial charge < -0.3 is 8.83 Å². The van der Waals surface area contributed by atoms with Crippen molar-refractivity contribution in [1.82, 2.24) is 44.9 Å². The normalized spacial score (nSPS) is 14.4. The molecule has 1 atom stereocenters. The van der Waals surface area contributed by atoms with Gasteiger partial charge in [-0.25, -0.2) is 44.9 Å². The Kier molecular flexibility index (Phi) is 20.3. The highest BCUT2D eigenvalue weighted by molar-refractivity contribution is 6.13. The third-order valence-electron chi connectivity index (χ3n) is 31.1. The summed E-state index contributed by atoms with van der Waals surface area (Å²) in [6, 6.07) is 154. The predicted molar refractivity (Wildman–Crippen MR) is 592 cm³/mol. The number of hydrogen-bond acceptors (Lipinski definition) is 11. The summed E-state index contributed by atoms with van der Waals surface area (Å²) in [7, 11) is 0. The maximum absolute atomic E-state index is 6.85. The third-order valence-corrected chi connectivity index (χ3v) is 31.1. The van der Waals surface area contributed by atoms with Crippen molar-refractivity contribution in [2.45, 2.75) is 76.5 Å². The number of furan rings is 2. The van der Waals surface area contributed by atoms with E-state index in [1.165, 1.54) is 117 Å². The van der Waals surface area contributed by atoms with Crippen molar-refractivity contribution < 1.29 is 8.83 Å². The van der Waals surface area contributed by atoms with Crippen LogP contribution in [0, 0.1) is 0 Å². The largest absolute Gasteiger partial charge is 0.456 e. The molecule has 0 spiro atoms. The molecule has 0 saturated carbocycles. The van der Waals surface area contributed by atoms with Crippen LogP contribution in [-0.4, -0.2) is 44.9 Å². The van der Waals surface area contributed by atoms with E-state index in [4.69, 9.17) is 53.7 Å². The van der Waals surface area contributed by atoms with Gasteiger partial charge >= 0.3 is 0 Å². The highest BCUT2D eigenvalue weighted by Crippen LogP contribution is 2.59. The van der Waals surface area contributed by atoms with Crippen LogP contribution in [0.4, 0.5) is 0 Å². The lowest BCUT2D eigenvalue weighted by atomic mass is 9.74. The summed E-state index contributed by atoms with van der Waals surface area (Å²) in [5.41, 5.74) is 43.5. The molecule has 5 aliphatic rings. The van der Waals surface area contributed by atoms with Gasteiger partial charge in [-0.05, 0) is 201 Å². The van der Waals surface area contributed by atoms with Crippen LogP contribution in [-0.2, 0) is 28.1 Å². The summed E-state index contributed by atoms with van der Waals surface area (Å²) in [6.45, 7) is 16.3. The number of para-hydroxylation sites is 2. The van der Waals surface area contributed by atoms with Gasteiger partial charge in [0, 0.05) is 98.8 Å². The van der Waals surface area contributed by atoms with E-state index in [-0.39, 0.29) is 21.7 Å². The van der Waals surface area contributed by atoms with Crippen LogP contribution in [0.5, 0.6) is 0 Å². The van der Waals surface area contributed by atoms with Crippen molar-refractivity contribution in [2.24, 2.45) is 0 Å². The number of benzene rings is 19. The molecule has 0 fully saturated rings. The second-order valence-corrected chi connectivity index (χ2v) is 40.6. The zero-order valence-electron chi connectivity index (χ0n) is 81.6. The Balaban J connectivity index is 0.000000110. The minimum atomic E-state index is -0.292. The molecule has 0 bridgehead atoms. The van der Waals surface area contributed by atoms with Gasteiger partial charge in [-0.15, -0.1) is 0 Å². The molecule has 1 unspecified atom stereocenters. The molecule has 11 heteroatoms. The number of nitrogens with zero attached hydrogens (tertiary/aromatic N) is 9. The molecule has 24 aromatic rings. The van der Waals surface area contributed by atoms with Crippen LogP contribution in [0.2, 0.25) is 0 Å². The Labute approximate surface area is 846 Å². The van der Waals surface area contributed by atoms with Gasteiger partial charge in [-0.3, -0.25) is 0 Å². The van der Waals surface area contributed by atoms with E-state index in [2.05, 4.69) is 358 Å². The molecule has 0 radical (unpaired) electrons. The fourth-order valence-electron chi connectivity index (χ4n) is 23.7. The quantitative estimate of drug-likeness (QED) is 0.115. The smallest absolute Gasteiger partial charge is 0.164 e. The van der Waals surface area contributed by atoms with E-state index in [0.717, 1.165) is 128 Å². The Morgan fingerprint density at radius 2 is 0.541 bits per heavy atom. The van der Waals surface area contributed by atoms with Gasteiger partial charge in [0.25, 0.3) is 0 Å². The Morgan fingerprint density at radius 3 is 1.14 bits per heavy atom. The summed E-state index contributed by atoms with van der Waals surface area (Å²) in [5.74, 6) is 5.98. The van der Waals surface area contributed by atoms with Gasteiger partial charge in [-0.1, -0.05) is 424 Å². The number of aromatic nitrogens is 9. The Bertz CT molecular complexity index is 9330. The van der Waals surface area contributed by atoms with Gasteiger partial charge in [-0.2, -0.15) is 0 Å². The number of rotatable bonds is 12. The highest BCUT2D eigenvalue weighted by Gasteiger charge is 2.44. The summed E-state index contributed by atoms with van der Waals surface area (Å²) in [4.78, 5) is 45.3. The summed E-state index contributed by atoms with van der Waals surface area (Å²) in [5, 5.41) is 4.53. The molecule has 11 nitrogen and oxygen atoms in total. The molecule has 5 heterocycles. The molecule has 19 aromatic carbocycles. The molecule has 5 aromatic heterocycles. The lowest BCUT2D eigenvalue weighted by Gasteiger charge is -2.28. The van der Waals surface area contributed by atoms with E-state index in [0.29, 0.717) is 46.6 Å². The van der Waals surface area contributed by atoms with E-state index < -0.39 is 0 Å². The van der Waals surface area contributed by atoms with Crippen LogP contribution in [0.25, 0.3) is 224 Å². The van der Waals surface area contributed by atoms with Crippen molar-refractivity contribution >= 4 is 43.9 Å². The van der Waals surface area contributed by atoms with E-state index in [1.54, 1.807) is 0 Å². The van der Waals surface area contributed by atoms with Crippen LogP contribution in [0.3, 0.4) is 0 Å². The molecular weight excluding hydrogens is 1780 g/mol. The molecule has 0 aliphatic heterocycles. The van der Waals surface area contributed by atoms with Crippen molar-refractivity contribution in [3.63, 3.8) is 0 Å². The lowest BCUT2D eigenvalue weighted by Crippen LogP contribution is -2.22. The van der Waals surface area contributed by atoms with E-state index >= 15 is 0 Å². The highest BCUT2D eigenvalue weighted by atomic mass is 16.3. The maximum atomic E-state index is 6.85. The molecule has 29 rings (SSSR count). The number of hydrogen-bond donors (Lipinski definition) is 0. The van der Waals surface area contributed by atoms with Gasteiger partial charge in [0.05, 0.1) is 0 Å².